The Balaban J connectivity index is 1.29. The number of carbonyl (C=O) groups is 5. The number of piperidine rings is 1. The first kappa shape index (κ1) is 30.1. The van der Waals surface area contributed by atoms with Gasteiger partial charge in [-0.05, 0) is 80.5 Å². The lowest BCUT2D eigenvalue weighted by atomic mass is 9.46. The average Bonchev–Trinajstić information content (AvgIpc) is 3.22. The van der Waals surface area contributed by atoms with Crippen molar-refractivity contribution < 1.29 is 42.3 Å². The number of alkyl halides is 3. The molecule has 0 radical (unpaired) electrons. The summed E-state index contributed by atoms with van der Waals surface area (Å²) in [7, 11) is 0. The Morgan fingerprint density at radius 2 is 1.77 bits per heavy atom. The zero-order valence-corrected chi connectivity index (χ0v) is 24.3. The quantitative estimate of drug-likeness (QED) is 0.265. The first-order valence-corrected chi connectivity index (χ1v) is 15.2. The maximum absolute atomic E-state index is 14.4. The fourth-order valence-corrected chi connectivity index (χ4v) is 9.95. The molecule has 2 saturated heterocycles. The van der Waals surface area contributed by atoms with Crippen molar-refractivity contribution in [2.75, 3.05) is 13.1 Å². The molecular weight excluding hydrogens is 571 g/mol. The van der Waals surface area contributed by atoms with Gasteiger partial charge >= 0.3 is 12.1 Å². The van der Waals surface area contributed by atoms with Gasteiger partial charge in [0.1, 0.15) is 18.1 Å². The Morgan fingerprint density at radius 1 is 1.12 bits per heavy atom. The highest BCUT2D eigenvalue weighted by Gasteiger charge is 2.71. The molecule has 6 N–H and O–H groups in total. The van der Waals surface area contributed by atoms with E-state index in [2.05, 4.69) is 10.6 Å². The summed E-state index contributed by atoms with van der Waals surface area (Å²) in [5.74, 6) is -5.67. The molecule has 43 heavy (non-hydrogen) atoms. The van der Waals surface area contributed by atoms with Gasteiger partial charge < -0.3 is 31.7 Å². The minimum absolute atomic E-state index is 0.0141. The van der Waals surface area contributed by atoms with Gasteiger partial charge in [0.15, 0.2) is 0 Å². The standard InChI is InChI=1S/C29H40F3N5O6/c1-26(2)16-11-37(19(18(16)26)23(40)35-17(21(33)38)6-15-3-4-34-22(15)39)24(41)20(36-25(42)29(30,31)32)27-7-13-5-14(8-27)10-28(43,9-13)12-27/h13-20,43H,3-12H2,1-2H3,(H2,33,38)(H,34,39)(H,35,40)(H,36,42)/t13-,14+,15-,16-,17-,18-,19-,20+,27?,28?/m0/s1. The lowest BCUT2D eigenvalue weighted by Crippen LogP contribution is -2.68. The van der Waals surface area contributed by atoms with Gasteiger partial charge in [0.25, 0.3) is 0 Å². The van der Waals surface area contributed by atoms with E-state index in [9.17, 15) is 42.3 Å². The molecule has 2 aliphatic heterocycles. The highest BCUT2D eigenvalue weighted by Crippen LogP contribution is 2.66. The predicted molar refractivity (Wildman–Crippen MR) is 143 cm³/mol. The Bertz CT molecular complexity index is 1240. The van der Waals surface area contributed by atoms with Crippen molar-refractivity contribution in [1.82, 2.24) is 20.9 Å². The fourth-order valence-electron chi connectivity index (χ4n) is 9.95. The van der Waals surface area contributed by atoms with Crippen LogP contribution in [0.4, 0.5) is 13.2 Å². The third kappa shape index (κ3) is 5.06. The molecule has 5 saturated carbocycles. The average molecular weight is 612 g/mol. The zero-order chi connectivity index (χ0) is 31.3. The van der Waals surface area contributed by atoms with Crippen LogP contribution in [0.25, 0.3) is 0 Å². The number of rotatable bonds is 8. The maximum atomic E-state index is 14.4. The van der Waals surface area contributed by atoms with Crippen LogP contribution in [0.3, 0.4) is 0 Å². The van der Waals surface area contributed by atoms with Crippen LogP contribution in [0, 0.1) is 40.4 Å². The molecule has 0 spiro atoms. The van der Waals surface area contributed by atoms with Gasteiger partial charge in [0.2, 0.25) is 23.6 Å². The van der Waals surface area contributed by atoms with Crippen LogP contribution in [0.1, 0.15) is 65.2 Å². The number of primary amides is 1. The van der Waals surface area contributed by atoms with Crippen molar-refractivity contribution in [3.8, 4) is 0 Å². The van der Waals surface area contributed by atoms with E-state index in [1.54, 1.807) is 0 Å². The number of nitrogens with zero attached hydrogens (tertiary/aromatic N) is 1. The van der Waals surface area contributed by atoms with Crippen LogP contribution >= 0.6 is 0 Å². The van der Waals surface area contributed by atoms with Crippen molar-refractivity contribution in [2.45, 2.75) is 95.1 Å². The molecule has 2 heterocycles. The normalized spacial score (nSPS) is 40.0. The topological polar surface area (TPSA) is 171 Å². The van der Waals surface area contributed by atoms with Crippen molar-refractivity contribution in [3.05, 3.63) is 0 Å². The predicted octanol–water partition coefficient (Wildman–Crippen LogP) is 0.344. The molecule has 11 nitrogen and oxygen atoms in total. The molecule has 7 fully saturated rings. The van der Waals surface area contributed by atoms with E-state index in [1.165, 1.54) is 4.90 Å². The lowest BCUT2D eigenvalue weighted by Gasteiger charge is -2.62. The molecule has 0 aromatic carbocycles. The number of amides is 5. The maximum Gasteiger partial charge on any atom is 0.471 e. The number of hydrogen-bond donors (Lipinski definition) is 5. The molecule has 5 aliphatic carbocycles. The molecule has 14 heteroatoms. The molecule has 0 aromatic rings. The van der Waals surface area contributed by atoms with E-state index in [-0.39, 0.29) is 54.4 Å². The number of nitrogens with one attached hydrogen (secondary N) is 3. The van der Waals surface area contributed by atoms with E-state index in [0.29, 0.717) is 38.6 Å². The first-order valence-electron chi connectivity index (χ1n) is 15.2. The van der Waals surface area contributed by atoms with Crippen molar-refractivity contribution in [3.63, 3.8) is 0 Å². The molecule has 0 aromatic heterocycles. The molecule has 5 amide bonds. The van der Waals surface area contributed by atoms with Gasteiger partial charge in [-0.15, -0.1) is 0 Å². The second-order valence-corrected chi connectivity index (χ2v) is 14.8. The summed E-state index contributed by atoms with van der Waals surface area (Å²) >= 11 is 0. The van der Waals surface area contributed by atoms with Crippen molar-refractivity contribution in [2.24, 2.45) is 46.2 Å². The fraction of sp³-hybridized carbons (Fsp3) is 0.828. The monoisotopic (exact) mass is 611 g/mol. The Labute approximate surface area is 247 Å². The largest absolute Gasteiger partial charge is 0.471 e. The minimum atomic E-state index is -5.23. The van der Waals surface area contributed by atoms with Crippen LogP contribution in [0.15, 0.2) is 0 Å². The van der Waals surface area contributed by atoms with Gasteiger partial charge in [0, 0.05) is 24.4 Å². The summed E-state index contributed by atoms with van der Waals surface area (Å²) in [5.41, 5.74) is 3.05. The third-order valence-corrected chi connectivity index (χ3v) is 11.6. The summed E-state index contributed by atoms with van der Waals surface area (Å²) in [6, 6.07) is -3.87. The number of halogens is 3. The molecule has 7 rings (SSSR count). The zero-order valence-electron chi connectivity index (χ0n) is 24.3. The highest BCUT2D eigenvalue weighted by atomic mass is 19.4. The van der Waals surface area contributed by atoms with E-state index >= 15 is 0 Å². The molecule has 238 valence electrons. The smallest absolute Gasteiger partial charge is 0.390 e. The summed E-state index contributed by atoms with van der Waals surface area (Å²) in [6.07, 6.45) is -2.03. The Hall–Kier alpha value is -2.90. The SMILES string of the molecule is CC1(C)[C@@H]2[C@@H](C(=O)N[C@@H](C[C@@H]3CCNC3=O)C(N)=O)N(C(=O)[C@@H](NC(=O)C(F)(F)F)C34C[C@@H]5C[C@@H](CC(O)(C5)C3)C4)C[C@@H]21. The third-order valence-electron chi connectivity index (χ3n) is 11.6. The number of aliphatic hydroxyl groups is 1. The van der Waals surface area contributed by atoms with E-state index in [4.69, 9.17) is 5.73 Å². The highest BCUT2D eigenvalue weighted by molar-refractivity contribution is 5.96. The summed E-state index contributed by atoms with van der Waals surface area (Å²) in [6.45, 7) is 4.43. The summed E-state index contributed by atoms with van der Waals surface area (Å²) < 4.78 is 40.7. The molecule has 4 bridgehead atoms. The second kappa shape index (κ2) is 9.80. The number of hydrogen-bond acceptors (Lipinski definition) is 6. The Kier molecular flexibility index (Phi) is 6.87. The summed E-state index contributed by atoms with van der Waals surface area (Å²) in [4.78, 5) is 66.3. The summed E-state index contributed by atoms with van der Waals surface area (Å²) in [5, 5.41) is 18.6. The van der Waals surface area contributed by atoms with Crippen LogP contribution in [0.2, 0.25) is 0 Å². The van der Waals surface area contributed by atoms with Crippen molar-refractivity contribution >= 4 is 29.5 Å². The van der Waals surface area contributed by atoms with Gasteiger partial charge in [0.05, 0.1) is 5.60 Å². The lowest BCUT2D eigenvalue weighted by molar-refractivity contribution is -0.191. The number of fused-ring (bicyclic) bond motifs is 1. The van der Waals surface area contributed by atoms with Crippen LogP contribution < -0.4 is 21.7 Å². The van der Waals surface area contributed by atoms with Crippen LogP contribution in [-0.4, -0.2) is 82.5 Å². The molecule has 7 aliphatic rings. The minimum Gasteiger partial charge on any atom is -0.390 e. The first-order chi connectivity index (χ1) is 19.9. The van der Waals surface area contributed by atoms with Gasteiger partial charge in [-0.1, -0.05) is 13.8 Å². The number of carbonyl (C=O) groups excluding carboxylic acids is 5. The van der Waals surface area contributed by atoms with Crippen LogP contribution in [0.5, 0.6) is 0 Å². The molecular formula is C29H40F3N5O6. The van der Waals surface area contributed by atoms with Crippen LogP contribution in [-0.2, 0) is 24.0 Å². The number of nitrogens with two attached hydrogens (primary N) is 1. The van der Waals surface area contributed by atoms with Crippen molar-refractivity contribution in [1.29, 1.82) is 0 Å². The van der Waals surface area contributed by atoms with Gasteiger partial charge in [-0.2, -0.15) is 13.2 Å². The van der Waals surface area contributed by atoms with E-state index < -0.39 is 64.9 Å². The second-order valence-electron chi connectivity index (χ2n) is 14.8. The molecule has 10 atom stereocenters. The molecule has 2 unspecified atom stereocenters. The number of likely N-dealkylation sites (tertiary alicyclic amines) is 1. The van der Waals surface area contributed by atoms with Gasteiger partial charge in [-0.25, -0.2) is 0 Å². The Morgan fingerprint density at radius 3 is 2.30 bits per heavy atom. The van der Waals surface area contributed by atoms with E-state index in [0.717, 1.165) is 6.42 Å². The van der Waals surface area contributed by atoms with Gasteiger partial charge in [-0.3, -0.25) is 24.0 Å². The van der Waals surface area contributed by atoms with E-state index in [1.807, 2.05) is 19.2 Å².